The molecule has 0 radical (unpaired) electrons. The molecule has 1 heterocycles. The summed E-state index contributed by atoms with van der Waals surface area (Å²) in [5, 5.41) is 2.90. The van der Waals surface area contributed by atoms with E-state index in [0.717, 1.165) is 16.0 Å². The first-order chi connectivity index (χ1) is 15.5. The van der Waals surface area contributed by atoms with Gasteiger partial charge in [-0.25, -0.2) is 13.2 Å². The number of rotatable bonds is 10. The van der Waals surface area contributed by atoms with Crippen molar-refractivity contribution in [3.8, 4) is 0 Å². The molecule has 9 nitrogen and oxygen atoms in total. The fraction of sp³-hybridized carbons (Fsp3) is 0.409. The first kappa shape index (κ1) is 26.5. The Hall–Kier alpha value is -2.76. The predicted molar refractivity (Wildman–Crippen MR) is 125 cm³/mol. The van der Waals surface area contributed by atoms with Crippen molar-refractivity contribution in [2.75, 3.05) is 18.5 Å². The number of amides is 1. The lowest BCUT2D eigenvalue weighted by Crippen LogP contribution is -2.40. The number of benzene rings is 1. The Morgan fingerprint density at radius 2 is 1.70 bits per heavy atom. The number of ether oxygens (including phenoxy) is 2. The van der Waals surface area contributed by atoms with Crippen LogP contribution in [0.2, 0.25) is 0 Å². The molecular weight excluding hydrogens is 468 g/mol. The third-order valence-electron chi connectivity index (χ3n) is 4.66. The van der Waals surface area contributed by atoms with Gasteiger partial charge in [0.2, 0.25) is 10.0 Å². The summed E-state index contributed by atoms with van der Waals surface area (Å²) in [7, 11) is -3.94. The lowest BCUT2D eigenvalue weighted by atomic mass is 10.1. The van der Waals surface area contributed by atoms with Crippen molar-refractivity contribution in [2.45, 2.75) is 52.0 Å². The molecule has 1 amide bonds. The SMILES string of the molecule is CCOC(=O)c1c(NC(=O)COC(=O)[C@H](C)NS(=O)(=O)c2ccc(C)cc2)sc(CC)c1C. The molecule has 0 spiro atoms. The maximum Gasteiger partial charge on any atom is 0.341 e. The number of aryl methyl sites for hydroxylation is 2. The van der Waals surface area contributed by atoms with E-state index in [-0.39, 0.29) is 17.1 Å². The number of thiophene rings is 1. The van der Waals surface area contributed by atoms with Crippen LogP contribution in [0.1, 0.15) is 47.1 Å². The summed E-state index contributed by atoms with van der Waals surface area (Å²) in [6, 6.07) is 4.93. The van der Waals surface area contributed by atoms with Crippen molar-refractivity contribution in [1.29, 1.82) is 0 Å². The number of anilines is 1. The first-order valence-electron chi connectivity index (χ1n) is 10.3. The molecule has 0 saturated carbocycles. The summed E-state index contributed by atoms with van der Waals surface area (Å²) in [5.74, 6) is -2.12. The van der Waals surface area contributed by atoms with Crippen LogP contribution < -0.4 is 10.0 Å². The normalized spacial score (nSPS) is 12.2. The molecule has 0 aliphatic rings. The number of esters is 2. The Morgan fingerprint density at radius 3 is 2.27 bits per heavy atom. The molecule has 0 aliphatic carbocycles. The zero-order chi connectivity index (χ0) is 24.8. The van der Waals surface area contributed by atoms with Crippen LogP contribution in [0, 0.1) is 13.8 Å². The first-order valence-corrected chi connectivity index (χ1v) is 12.6. The molecule has 0 unspecified atom stereocenters. The quantitative estimate of drug-likeness (QED) is 0.484. The van der Waals surface area contributed by atoms with Crippen LogP contribution in [0.5, 0.6) is 0 Å². The fourth-order valence-corrected chi connectivity index (χ4v) is 5.27. The van der Waals surface area contributed by atoms with Crippen LogP contribution in [-0.4, -0.2) is 45.5 Å². The van der Waals surface area contributed by atoms with Crippen LogP contribution in [0.3, 0.4) is 0 Å². The van der Waals surface area contributed by atoms with Crippen molar-refractivity contribution in [1.82, 2.24) is 4.72 Å². The molecule has 2 aromatic rings. The molecule has 1 atom stereocenters. The van der Waals surface area contributed by atoms with Gasteiger partial charge in [-0.1, -0.05) is 24.6 Å². The van der Waals surface area contributed by atoms with Gasteiger partial charge in [-0.05, 0) is 51.8 Å². The third kappa shape index (κ3) is 6.86. The Kier molecular flexibility index (Phi) is 9.15. The zero-order valence-electron chi connectivity index (χ0n) is 19.2. The Balaban J connectivity index is 2.00. The van der Waals surface area contributed by atoms with E-state index in [1.54, 1.807) is 26.0 Å². The molecule has 0 fully saturated rings. The number of hydrogen-bond acceptors (Lipinski definition) is 8. The van der Waals surface area contributed by atoms with Crippen molar-refractivity contribution in [3.05, 3.63) is 45.8 Å². The smallest absolute Gasteiger partial charge is 0.341 e. The number of carbonyl (C=O) groups excluding carboxylic acids is 3. The highest BCUT2D eigenvalue weighted by atomic mass is 32.2. The van der Waals surface area contributed by atoms with Gasteiger partial charge in [0.1, 0.15) is 11.0 Å². The molecule has 0 saturated heterocycles. The summed E-state index contributed by atoms with van der Waals surface area (Å²) < 4.78 is 37.1. The van der Waals surface area contributed by atoms with Crippen LogP contribution in [0.15, 0.2) is 29.2 Å². The molecule has 2 rings (SSSR count). The van der Waals surface area contributed by atoms with Crippen LogP contribution in [0.25, 0.3) is 0 Å². The number of nitrogens with one attached hydrogen (secondary N) is 2. The summed E-state index contributed by atoms with van der Waals surface area (Å²) in [5.41, 5.74) is 1.90. The van der Waals surface area contributed by atoms with Gasteiger partial charge < -0.3 is 14.8 Å². The molecule has 2 N–H and O–H groups in total. The van der Waals surface area contributed by atoms with Gasteiger partial charge in [0.15, 0.2) is 6.61 Å². The van der Waals surface area contributed by atoms with Crippen molar-refractivity contribution in [2.24, 2.45) is 0 Å². The second kappa shape index (κ2) is 11.4. The molecule has 33 heavy (non-hydrogen) atoms. The van der Waals surface area contributed by atoms with Crippen LogP contribution in [0.4, 0.5) is 5.00 Å². The second-order valence-corrected chi connectivity index (χ2v) is 10.1. The van der Waals surface area contributed by atoms with E-state index in [1.165, 1.54) is 30.4 Å². The van der Waals surface area contributed by atoms with Gasteiger partial charge in [-0.15, -0.1) is 11.3 Å². The van der Waals surface area contributed by atoms with Crippen molar-refractivity contribution < 1.29 is 32.3 Å². The Morgan fingerprint density at radius 1 is 1.06 bits per heavy atom. The van der Waals surface area contributed by atoms with E-state index < -0.39 is 40.5 Å². The third-order valence-corrected chi connectivity index (χ3v) is 7.57. The zero-order valence-corrected chi connectivity index (χ0v) is 20.8. The minimum atomic E-state index is -3.94. The average Bonchev–Trinajstić information content (AvgIpc) is 3.06. The van der Waals surface area contributed by atoms with E-state index in [4.69, 9.17) is 9.47 Å². The average molecular weight is 497 g/mol. The number of hydrogen-bond donors (Lipinski definition) is 2. The molecule has 180 valence electrons. The molecule has 0 bridgehead atoms. The fourth-order valence-electron chi connectivity index (χ4n) is 2.93. The lowest BCUT2D eigenvalue weighted by molar-refractivity contribution is -0.148. The van der Waals surface area contributed by atoms with E-state index in [2.05, 4.69) is 10.0 Å². The minimum absolute atomic E-state index is 0.0109. The van der Waals surface area contributed by atoms with E-state index in [9.17, 15) is 22.8 Å². The molecular formula is C22H28N2O7S2. The van der Waals surface area contributed by atoms with Crippen LogP contribution >= 0.6 is 11.3 Å². The number of sulfonamides is 1. The summed E-state index contributed by atoms with van der Waals surface area (Å²) >= 11 is 1.25. The lowest BCUT2D eigenvalue weighted by Gasteiger charge is -2.14. The highest BCUT2D eigenvalue weighted by Crippen LogP contribution is 2.34. The second-order valence-electron chi connectivity index (χ2n) is 7.24. The summed E-state index contributed by atoms with van der Waals surface area (Å²) in [4.78, 5) is 37.8. The Labute approximate surface area is 197 Å². The van der Waals surface area contributed by atoms with Crippen molar-refractivity contribution >= 4 is 44.2 Å². The topological polar surface area (TPSA) is 128 Å². The highest BCUT2D eigenvalue weighted by Gasteiger charge is 2.25. The number of carbonyl (C=O) groups is 3. The summed E-state index contributed by atoms with van der Waals surface area (Å²) in [6.45, 7) is 8.09. The highest BCUT2D eigenvalue weighted by molar-refractivity contribution is 7.89. The molecule has 0 aliphatic heterocycles. The van der Waals surface area contributed by atoms with E-state index in [1.807, 2.05) is 13.8 Å². The van der Waals surface area contributed by atoms with Gasteiger partial charge in [-0.2, -0.15) is 4.72 Å². The minimum Gasteiger partial charge on any atom is -0.462 e. The molecule has 1 aromatic heterocycles. The van der Waals surface area contributed by atoms with Crippen molar-refractivity contribution in [3.63, 3.8) is 0 Å². The van der Waals surface area contributed by atoms with Gasteiger partial charge in [0.05, 0.1) is 17.1 Å². The monoisotopic (exact) mass is 496 g/mol. The molecule has 11 heteroatoms. The van der Waals surface area contributed by atoms with Gasteiger partial charge in [-0.3, -0.25) is 9.59 Å². The Bertz CT molecular complexity index is 1120. The predicted octanol–water partition coefficient (Wildman–Crippen LogP) is 2.95. The maximum atomic E-state index is 12.4. The van der Waals surface area contributed by atoms with Gasteiger partial charge in [0.25, 0.3) is 5.91 Å². The van der Waals surface area contributed by atoms with Gasteiger partial charge >= 0.3 is 11.9 Å². The van der Waals surface area contributed by atoms with E-state index >= 15 is 0 Å². The van der Waals surface area contributed by atoms with E-state index in [0.29, 0.717) is 11.4 Å². The van der Waals surface area contributed by atoms with Crippen LogP contribution in [-0.2, 0) is 35.5 Å². The maximum absolute atomic E-state index is 12.4. The standard InChI is InChI=1S/C22H28N2O7S2/c1-6-17-14(4)19(22(27)30-7-2)20(32-17)23-18(25)12-31-21(26)15(5)24-33(28,29)16-10-8-13(3)9-11-16/h8-11,15,24H,6-7,12H2,1-5H3,(H,23,25)/t15-/m0/s1. The largest absolute Gasteiger partial charge is 0.462 e. The van der Waals surface area contributed by atoms with Gasteiger partial charge in [0, 0.05) is 4.88 Å². The summed E-state index contributed by atoms with van der Waals surface area (Å²) in [6.07, 6.45) is 0.673. The molecule has 1 aromatic carbocycles.